The Morgan fingerprint density at radius 1 is 1.29 bits per heavy atom. The van der Waals surface area contributed by atoms with Gasteiger partial charge in [-0.15, -0.1) is 11.5 Å². The zero-order valence-electron chi connectivity index (χ0n) is 10.2. The molecule has 0 saturated carbocycles. The summed E-state index contributed by atoms with van der Waals surface area (Å²) in [6.07, 6.45) is -0.266. The van der Waals surface area contributed by atoms with Gasteiger partial charge in [-0.2, -0.15) is 17.4 Å². The van der Waals surface area contributed by atoms with Crippen molar-refractivity contribution >= 4 is 33.9 Å². The molecule has 1 aromatic carbocycles. The van der Waals surface area contributed by atoms with Gasteiger partial charge in [-0.1, -0.05) is 30.3 Å². The first-order valence-corrected chi connectivity index (χ1v) is 7.50. The van der Waals surface area contributed by atoms with Gasteiger partial charge in [0.1, 0.15) is 6.04 Å². The van der Waals surface area contributed by atoms with Crippen LogP contribution in [0.3, 0.4) is 0 Å². The number of carbonyl (C=O) groups excluding carboxylic acids is 1. The normalized spacial score (nSPS) is 20.7. The predicted octanol–water partition coefficient (Wildman–Crippen LogP) is 1.53. The molecule has 0 amide bonds. The molecule has 1 heterocycles. The molecule has 1 saturated heterocycles. The van der Waals surface area contributed by atoms with E-state index < -0.39 is 34.0 Å². The van der Waals surface area contributed by atoms with E-state index in [1.165, 1.54) is 0 Å². The Morgan fingerprint density at radius 3 is 2.38 bits per heavy atom. The first-order chi connectivity index (χ1) is 9.64. The molecule has 0 aliphatic carbocycles. The highest BCUT2D eigenvalue weighted by Gasteiger charge is 2.61. The molecule has 0 spiro atoms. The summed E-state index contributed by atoms with van der Waals surface area (Å²) in [5, 5.41) is 0. The molecule has 0 unspecified atom stereocenters. The molecule has 0 N–H and O–H groups in total. The van der Waals surface area contributed by atoms with E-state index >= 15 is 0 Å². The standard InChI is InChI=1S/C10H8BClF3NO4S/c12-11-16(21(18,19)10(13,14)15)8(9(17)20-11)6-7-4-2-1-3-5-7/h1-5,8H,6H2/t8-/m0/s1. The van der Waals surface area contributed by atoms with Gasteiger partial charge in [0.25, 0.3) is 0 Å². The summed E-state index contributed by atoms with van der Waals surface area (Å²) in [6, 6.07) is 6.33. The molecule has 114 valence electrons. The Balaban J connectivity index is 2.36. The summed E-state index contributed by atoms with van der Waals surface area (Å²) in [6.45, 7) is -2.02. The van der Waals surface area contributed by atoms with Crippen LogP contribution in [-0.4, -0.2) is 36.6 Å². The van der Waals surface area contributed by atoms with Crippen LogP contribution in [0, 0.1) is 0 Å². The van der Waals surface area contributed by atoms with E-state index in [4.69, 9.17) is 11.5 Å². The van der Waals surface area contributed by atoms with E-state index in [1.54, 1.807) is 30.3 Å². The van der Waals surface area contributed by atoms with Crippen LogP contribution in [-0.2, 0) is 25.9 Å². The summed E-state index contributed by atoms with van der Waals surface area (Å²) in [7, 11) is -5.77. The first-order valence-electron chi connectivity index (χ1n) is 5.63. The maximum atomic E-state index is 12.6. The molecular formula is C10H8BClF3NO4S. The maximum absolute atomic E-state index is 12.6. The third-order valence-corrected chi connectivity index (χ3v) is 4.84. The van der Waals surface area contributed by atoms with Gasteiger partial charge in [0.05, 0.1) is 0 Å². The number of alkyl halides is 3. The summed E-state index contributed by atoms with van der Waals surface area (Å²) in [4.78, 5) is 11.6. The zero-order chi connectivity index (χ0) is 15.8. The number of benzene rings is 1. The first kappa shape index (κ1) is 16.1. The van der Waals surface area contributed by atoms with Gasteiger partial charge in [0, 0.05) is 0 Å². The molecule has 21 heavy (non-hydrogen) atoms. The second kappa shape index (κ2) is 5.50. The average molecular weight is 342 g/mol. The number of hydrogen-bond acceptors (Lipinski definition) is 4. The van der Waals surface area contributed by atoms with Crippen LogP contribution in [0.15, 0.2) is 30.3 Å². The molecule has 1 aliphatic rings. The summed E-state index contributed by atoms with van der Waals surface area (Å²) in [5.41, 5.74) is -5.09. The highest BCUT2D eigenvalue weighted by molar-refractivity contribution is 7.91. The monoisotopic (exact) mass is 341 g/mol. The van der Waals surface area contributed by atoms with E-state index in [1.807, 2.05) is 0 Å². The van der Waals surface area contributed by atoms with Crippen LogP contribution in [0.4, 0.5) is 13.2 Å². The quantitative estimate of drug-likeness (QED) is 0.782. The van der Waals surface area contributed by atoms with Crippen LogP contribution >= 0.6 is 11.5 Å². The Morgan fingerprint density at radius 2 is 1.86 bits per heavy atom. The predicted molar refractivity (Wildman–Crippen MR) is 68.4 cm³/mol. The van der Waals surface area contributed by atoms with E-state index in [2.05, 4.69) is 4.65 Å². The lowest BCUT2D eigenvalue weighted by molar-refractivity contribution is -0.134. The van der Waals surface area contributed by atoms with Crippen LogP contribution in [0.5, 0.6) is 0 Å². The highest BCUT2D eigenvalue weighted by Crippen LogP contribution is 2.34. The van der Waals surface area contributed by atoms with Gasteiger partial charge in [-0.05, 0) is 12.0 Å². The number of carbonyl (C=O) groups is 1. The lowest BCUT2D eigenvalue weighted by Gasteiger charge is -2.22. The van der Waals surface area contributed by atoms with E-state index in [0.29, 0.717) is 5.56 Å². The average Bonchev–Trinajstić information content (AvgIpc) is 2.64. The van der Waals surface area contributed by atoms with Crippen LogP contribution < -0.4 is 0 Å². The second-order valence-electron chi connectivity index (χ2n) is 4.22. The molecule has 1 atom stereocenters. The number of hydrogen-bond donors (Lipinski definition) is 0. The molecule has 1 aliphatic heterocycles. The van der Waals surface area contributed by atoms with E-state index in [-0.39, 0.29) is 10.6 Å². The zero-order valence-corrected chi connectivity index (χ0v) is 11.8. The van der Waals surface area contributed by atoms with Gasteiger partial charge < -0.3 is 4.65 Å². The SMILES string of the molecule is O=C1OB(Cl)N(S(=O)(=O)C(F)(F)F)[C@H]1Cc1ccccc1. The highest BCUT2D eigenvalue weighted by atomic mass is 35.5. The maximum Gasteiger partial charge on any atom is 0.579 e. The minimum absolute atomic E-state index is 0.149. The minimum Gasteiger partial charge on any atom is -0.505 e. The van der Waals surface area contributed by atoms with Crippen molar-refractivity contribution in [1.29, 1.82) is 0 Å². The molecule has 5 nitrogen and oxygen atoms in total. The minimum atomic E-state index is -5.77. The van der Waals surface area contributed by atoms with Crippen molar-refractivity contribution < 1.29 is 31.0 Å². The fourth-order valence-corrected chi connectivity index (χ4v) is 3.41. The van der Waals surface area contributed by atoms with Crippen molar-refractivity contribution in [3.05, 3.63) is 35.9 Å². The van der Waals surface area contributed by atoms with Crippen molar-refractivity contribution in [2.45, 2.75) is 18.0 Å². The number of sulfonamides is 1. The van der Waals surface area contributed by atoms with Gasteiger partial charge in [-0.25, -0.2) is 8.42 Å². The van der Waals surface area contributed by atoms with Crippen molar-refractivity contribution in [3.63, 3.8) is 0 Å². The molecule has 0 bridgehead atoms. The summed E-state index contributed by atoms with van der Waals surface area (Å²) < 4.78 is 65.2. The molecule has 2 rings (SSSR count). The molecular weight excluding hydrogens is 333 g/mol. The van der Waals surface area contributed by atoms with E-state index in [0.717, 1.165) is 0 Å². The van der Waals surface area contributed by atoms with Gasteiger partial charge in [0.2, 0.25) is 0 Å². The number of nitrogens with zero attached hydrogens (tertiary/aromatic N) is 1. The van der Waals surface area contributed by atoms with Crippen LogP contribution in [0.2, 0.25) is 0 Å². The third-order valence-electron chi connectivity index (χ3n) is 2.83. The van der Waals surface area contributed by atoms with Crippen molar-refractivity contribution in [2.75, 3.05) is 0 Å². The summed E-state index contributed by atoms with van der Waals surface area (Å²) >= 11 is 5.43. The number of rotatable bonds is 3. The molecule has 0 radical (unpaired) electrons. The van der Waals surface area contributed by atoms with Crippen LogP contribution in [0.1, 0.15) is 5.56 Å². The van der Waals surface area contributed by atoms with E-state index in [9.17, 15) is 26.4 Å². The lowest BCUT2D eigenvalue weighted by Crippen LogP contribution is -2.49. The lowest BCUT2D eigenvalue weighted by atomic mass is 10.1. The topological polar surface area (TPSA) is 63.7 Å². The Labute approximate surface area is 123 Å². The molecule has 0 aromatic heterocycles. The Bertz CT molecular complexity index is 639. The Hall–Kier alpha value is -1.26. The fourth-order valence-electron chi connectivity index (χ4n) is 1.88. The molecule has 11 heteroatoms. The van der Waals surface area contributed by atoms with Crippen molar-refractivity contribution in [3.8, 4) is 0 Å². The Kier molecular flexibility index (Phi) is 4.23. The summed E-state index contributed by atoms with van der Waals surface area (Å²) in [5.74, 6) is -1.12. The molecule has 1 aromatic rings. The fraction of sp³-hybridized carbons (Fsp3) is 0.300. The molecule has 1 fully saturated rings. The van der Waals surface area contributed by atoms with Gasteiger partial charge in [-0.3, -0.25) is 4.79 Å². The van der Waals surface area contributed by atoms with Crippen LogP contribution in [0.25, 0.3) is 0 Å². The van der Waals surface area contributed by atoms with Gasteiger partial charge >= 0.3 is 28.0 Å². The largest absolute Gasteiger partial charge is 0.579 e. The smallest absolute Gasteiger partial charge is 0.505 e. The van der Waals surface area contributed by atoms with Crippen molar-refractivity contribution in [2.24, 2.45) is 0 Å². The second-order valence-corrected chi connectivity index (χ2v) is 6.42. The van der Waals surface area contributed by atoms with Crippen molar-refractivity contribution in [1.82, 2.24) is 4.22 Å². The number of halogens is 4. The third kappa shape index (κ3) is 3.02. The van der Waals surface area contributed by atoms with Gasteiger partial charge in [0.15, 0.2) is 0 Å².